The van der Waals surface area contributed by atoms with E-state index in [2.05, 4.69) is 57.5 Å². The Labute approximate surface area is 370 Å². The van der Waals surface area contributed by atoms with Crippen LogP contribution < -0.4 is 21.7 Å². The van der Waals surface area contributed by atoms with Gasteiger partial charge in [-0.15, -0.1) is 11.3 Å². The SMILES string of the molecule is C=CSc1ccc(NC=O)cc1C.C=O.C=O.CN.CNC.Cc1cc(Cc2ccc3scnc3c2)cc(C(=O)NC(C)Cc2cc(F)cc(F)c2)c1.Cc1cc(F)cc(F)c1. The number of hydrogen-bond donors (Lipinski definition) is 4. The normalized spacial score (nSPS) is 9.94. The van der Waals surface area contributed by atoms with Crippen LogP contribution in [0.25, 0.3) is 10.2 Å². The Balaban J connectivity index is 0.000000986. The molecule has 62 heavy (non-hydrogen) atoms. The topological polar surface area (TPSA) is 143 Å². The third-order valence-electron chi connectivity index (χ3n) is 7.66. The molecule has 332 valence electrons. The van der Waals surface area contributed by atoms with Crippen molar-refractivity contribution in [1.82, 2.24) is 15.6 Å². The van der Waals surface area contributed by atoms with E-state index in [9.17, 15) is 27.2 Å². The molecule has 0 aliphatic rings. The Hall–Kier alpha value is -6.00. The Bertz CT molecular complexity index is 2200. The molecule has 1 atom stereocenters. The van der Waals surface area contributed by atoms with Crippen molar-refractivity contribution >= 4 is 64.9 Å². The van der Waals surface area contributed by atoms with E-state index in [1.165, 1.54) is 31.3 Å². The first kappa shape index (κ1) is 56.0. The molecule has 5 N–H and O–H groups in total. The van der Waals surface area contributed by atoms with Crippen LogP contribution in [0.15, 0.2) is 113 Å². The van der Waals surface area contributed by atoms with Gasteiger partial charge in [-0.05, 0) is 162 Å². The molecule has 0 aliphatic heterocycles. The Morgan fingerprint density at radius 1 is 0.774 bits per heavy atom. The number of carbonyl (C=O) groups excluding carboxylic acids is 4. The van der Waals surface area contributed by atoms with Gasteiger partial charge in [0.05, 0.1) is 15.7 Å². The molecule has 6 rings (SSSR count). The number of aryl methyl sites for hydroxylation is 3. The van der Waals surface area contributed by atoms with E-state index in [-0.39, 0.29) is 11.9 Å². The number of thiazole rings is 1. The van der Waals surface area contributed by atoms with Crippen LogP contribution in [-0.2, 0) is 27.2 Å². The third-order valence-corrected chi connectivity index (χ3v) is 9.35. The minimum Gasteiger partial charge on any atom is -0.349 e. The zero-order valence-electron chi connectivity index (χ0n) is 36.0. The van der Waals surface area contributed by atoms with Crippen LogP contribution in [0, 0.1) is 44.0 Å². The molecule has 5 aromatic carbocycles. The van der Waals surface area contributed by atoms with E-state index in [1.54, 1.807) is 35.4 Å². The number of carbonyl (C=O) groups is 4. The van der Waals surface area contributed by atoms with Gasteiger partial charge >= 0.3 is 0 Å². The number of nitrogens with one attached hydrogen (secondary N) is 3. The average Bonchev–Trinajstić information content (AvgIpc) is 3.69. The van der Waals surface area contributed by atoms with Gasteiger partial charge in [-0.1, -0.05) is 36.0 Å². The summed E-state index contributed by atoms with van der Waals surface area (Å²) in [6.45, 7) is 15.1. The van der Waals surface area contributed by atoms with Crippen molar-refractivity contribution in [2.24, 2.45) is 5.73 Å². The zero-order chi connectivity index (χ0) is 47.2. The molecule has 1 aromatic heterocycles. The quantitative estimate of drug-likeness (QED) is 0.0605. The largest absolute Gasteiger partial charge is 0.349 e. The van der Waals surface area contributed by atoms with E-state index in [1.807, 2.05) is 84.3 Å². The summed E-state index contributed by atoms with van der Waals surface area (Å²) in [4.78, 5) is 44.5. The lowest BCUT2D eigenvalue weighted by Gasteiger charge is -2.15. The van der Waals surface area contributed by atoms with Crippen molar-refractivity contribution in [2.75, 3.05) is 26.5 Å². The molecule has 1 unspecified atom stereocenters. The molecule has 0 aliphatic carbocycles. The summed E-state index contributed by atoms with van der Waals surface area (Å²) >= 11 is 3.19. The fourth-order valence-electron chi connectivity index (χ4n) is 5.51. The zero-order valence-corrected chi connectivity index (χ0v) is 37.6. The van der Waals surface area contributed by atoms with E-state index < -0.39 is 23.3 Å². The first-order chi connectivity index (χ1) is 29.7. The summed E-state index contributed by atoms with van der Waals surface area (Å²) < 4.78 is 52.4. The van der Waals surface area contributed by atoms with Crippen molar-refractivity contribution in [2.45, 2.75) is 51.5 Å². The lowest BCUT2D eigenvalue weighted by atomic mass is 9.99. The van der Waals surface area contributed by atoms with Crippen molar-refractivity contribution in [3.05, 3.63) is 171 Å². The first-order valence-electron chi connectivity index (χ1n) is 18.7. The average molecular weight is 894 g/mol. The molecule has 1 heterocycles. The number of amides is 2. The highest BCUT2D eigenvalue weighted by Crippen LogP contribution is 2.25. The second-order valence-corrected chi connectivity index (χ2v) is 14.8. The van der Waals surface area contributed by atoms with Gasteiger partial charge in [0.2, 0.25) is 6.41 Å². The summed E-state index contributed by atoms with van der Waals surface area (Å²) in [5, 5.41) is 10.1. The van der Waals surface area contributed by atoms with Crippen LogP contribution in [0.5, 0.6) is 0 Å². The molecule has 0 fully saturated rings. The van der Waals surface area contributed by atoms with Gasteiger partial charge in [0.1, 0.15) is 36.8 Å². The van der Waals surface area contributed by atoms with Crippen LogP contribution >= 0.6 is 23.1 Å². The second kappa shape index (κ2) is 31.8. The predicted octanol–water partition coefficient (Wildman–Crippen LogP) is 9.95. The maximum atomic E-state index is 13.4. The molecule has 0 radical (unpaired) electrons. The lowest BCUT2D eigenvalue weighted by Crippen LogP contribution is -2.34. The van der Waals surface area contributed by atoms with Gasteiger partial charge in [0.25, 0.3) is 5.91 Å². The third kappa shape index (κ3) is 21.5. The fourth-order valence-corrected chi connectivity index (χ4v) is 6.74. The van der Waals surface area contributed by atoms with Gasteiger partial charge in [-0.3, -0.25) is 9.59 Å². The second-order valence-electron chi connectivity index (χ2n) is 12.9. The van der Waals surface area contributed by atoms with E-state index in [0.29, 0.717) is 35.9 Å². The van der Waals surface area contributed by atoms with E-state index >= 15 is 0 Å². The van der Waals surface area contributed by atoms with E-state index in [0.717, 1.165) is 55.2 Å². The van der Waals surface area contributed by atoms with Crippen molar-refractivity contribution in [3.63, 3.8) is 0 Å². The van der Waals surface area contributed by atoms with Gasteiger partial charge in [-0.25, -0.2) is 22.5 Å². The molecule has 9 nitrogen and oxygen atoms in total. The Kier molecular flexibility index (Phi) is 28.7. The maximum absolute atomic E-state index is 13.4. The molecule has 2 amide bonds. The number of rotatable bonds is 10. The fraction of sp³-hybridized carbons (Fsp3) is 0.213. The highest BCUT2D eigenvalue weighted by molar-refractivity contribution is 8.02. The van der Waals surface area contributed by atoms with Gasteiger partial charge in [-0.2, -0.15) is 0 Å². The summed E-state index contributed by atoms with van der Waals surface area (Å²) in [5.74, 6) is -2.48. The molecule has 6 aromatic rings. The molecule has 0 saturated carbocycles. The summed E-state index contributed by atoms with van der Waals surface area (Å²) in [7, 11) is 5.25. The van der Waals surface area contributed by atoms with Crippen LogP contribution in [0.1, 0.15) is 50.7 Å². The Morgan fingerprint density at radius 3 is 1.87 bits per heavy atom. The highest BCUT2D eigenvalue weighted by Gasteiger charge is 2.13. The van der Waals surface area contributed by atoms with Crippen molar-refractivity contribution in [3.8, 4) is 0 Å². The molecule has 15 heteroatoms. The number of anilines is 1. The van der Waals surface area contributed by atoms with Crippen LogP contribution in [0.4, 0.5) is 23.2 Å². The van der Waals surface area contributed by atoms with Crippen LogP contribution in [0.3, 0.4) is 0 Å². The molecular weight excluding hydrogens is 839 g/mol. The van der Waals surface area contributed by atoms with Crippen molar-refractivity contribution < 1.29 is 36.7 Å². The molecular formula is C47H55F4N5O4S2. The van der Waals surface area contributed by atoms with Crippen LogP contribution in [-0.4, -0.2) is 58.1 Å². The molecule has 0 bridgehead atoms. The lowest BCUT2D eigenvalue weighted by molar-refractivity contribution is -0.105. The summed E-state index contributed by atoms with van der Waals surface area (Å²) in [6.07, 6.45) is 1.72. The Morgan fingerprint density at radius 2 is 1.34 bits per heavy atom. The first-order valence-corrected chi connectivity index (χ1v) is 20.4. The number of fused-ring (bicyclic) bond motifs is 1. The maximum Gasteiger partial charge on any atom is 0.251 e. The minimum absolute atomic E-state index is 0.204. The monoisotopic (exact) mass is 893 g/mol. The highest BCUT2D eigenvalue weighted by atomic mass is 32.2. The number of nitrogens with zero attached hydrogens (tertiary/aromatic N) is 1. The van der Waals surface area contributed by atoms with Gasteiger partial charge < -0.3 is 31.3 Å². The van der Waals surface area contributed by atoms with Crippen molar-refractivity contribution in [1.29, 1.82) is 0 Å². The van der Waals surface area contributed by atoms with Gasteiger partial charge in [0.15, 0.2) is 0 Å². The molecule has 0 spiro atoms. The number of hydrogen-bond acceptors (Lipinski definition) is 9. The van der Waals surface area contributed by atoms with Gasteiger partial charge in [0, 0.05) is 34.3 Å². The standard InChI is InChI=1S/C25H22F2N2OS.C10H11NOS.C7H6F2.C2H7N.CH5N.2CH2O/c1-15-5-18(8-17-3-4-24-23(12-17)28-14-31-24)9-20(6-15)25(30)29-16(2)7-19-10-21(26)13-22(27)11-19;1-3-13-10-5-4-9(11-7-12)6-8(10)2;1-5-2-6(8)4-7(9)3-5;1-3-2;3*1-2/h3-6,9-14,16H,7-8H2,1-2H3,(H,29,30);3-7H,1H2,2H3,(H,11,12);2-4H,1H3;3H,1-2H3;2H2,1H3;2*1H2. The number of halogens is 4. The summed E-state index contributed by atoms with van der Waals surface area (Å²) in [5.41, 5.74) is 14.1. The van der Waals surface area contributed by atoms with E-state index in [4.69, 9.17) is 9.59 Å². The molecule has 0 saturated heterocycles. The smallest absolute Gasteiger partial charge is 0.251 e. The predicted molar refractivity (Wildman–Crippen MR) is 248 cm³/mol. The number of aromatic nitrogens is 1. The number of thioether (sulfide) groups is 1. The summed E-state index contributed by atoms with van der Waals surface area (Å²) in [6, 6.07) is 24.4. The van der Waals surface area contributed by atoms with Crippen LogP contribution in [0.2, 0.25) is 0 Å². The number of nitrogens with two attached hydrogens (primary N) is 1. The number of benzene rings is 5. The minimum atomic E-state index is -0.618.